The van der Waals surface area contributed by atoms with Gasteiger partial charge >= 0.3 is 0 Å². The largest absolute Gasteiger partial charge is 0.296 e. The van der Waals surface area contributed by atoms with Gasteiger partial charge in [0, 0.05) is 18.2 Å². The second kappa shape index (κ2) is 7.65. The molecule has 0 spiro atoms. The van der Waals surface area contributed by atoms with E-state index in [-0.39, 0.29) is 11.7 Å². The summed E-state index contributed by atoms with van der Waals surface area (Å²) in [6.45, 7) is 2.10. The third-order valence-electron chi connectivity index (χ3n) is 3.05. The zero-order valence-electron chi connectivity index (χ0n) is 13.1. The number of hydrogen-bond donors (Lipinski definition) is 1. The molecule has 124 valence electrons. The summed E-state index contributed by atoms with van der Waals surface area (Å²) in [4.78, 5) is 12.2. The average Bonchev–Trinajstić information content (AvgIpc) is 2.91. The highest BCUT2D eigenvalue weighted by Gasteiger charge is 2.12. The lowest BCUT2D eigenvalue weighted by Gasteiger charge is -2.04. The molecule has 23 heavy (non-hydrogen) atoms. The fourth-order valence-corrected chi connectivity index (χ4v) is 3.57. The first-order chi connectivity index (χ1) is 10.9. The Morgan fingerprint density at radius 3 is 2.78 bits per heavy atom. The lowest BCUT2D eigenvalue weighted by Crippen LogP contribution is -2.12. The van der Waals surface area contributed by atoms with E-state index in [0.717, 1.165) is 24.3 Å². The van der Waals surface area contributed by atoms with Gasteiger partial charge in [-0.3, -0.25) is 10.1 Å². The maximum absolute atomic E-state index is 12.2. The van der Waals surface area contributed by atoms with E-state index in [0.29, 0.717) is 16.3 Å². The Kier molecular flexibility index (Phi) is 5.84. The van der Waals surface area contributed by atoms with Crippen LogP contribution in [0.1, 0.15) is 40.7 Å². The number of amides is 1. The SMILES string of the molecule is CCCCc1nnc(NC(=O)c2cccc(CS(C)(=O)=O)c2)s1. The fourth-order valence-electron chi connectivity index (χ4n) is 2.01. The molecule has 2 rings (SSSR count). The molecule has 6 nitrogen and oxygen atoms in total. The Morgan fingerprint density at radius 1 is 1.30 bits per heavy atom. The number of anilines is 1. The highest BCUT2D eigenvalue weighted by molar-refractivity contribution is 7.89. The van der Waals surface area contributed by atoms with Gasteiger partial charge in [0.15, 0.2) is 9.84 Å². The van der Waals surface area contributed by atoms with Crippen molar-refractivity contribution < 1.29 is 13.2 Å². The normalized spacial score (nSPS) is 11.4. The Hall–Kier alpha value is -1.80. The topological polar surface area (TPSA) is 89.0 Å². The summed E-state index contributed by atoms with van der Waals surface area (Å²) in [7, 11) is -3.14. The Labute approximate surface area is 139 Å². The molecule has 0 aliphatic rings. The van der Waals surface area contributed by atoms with Gasteiger partial charge in [-0.1, -0.05) is 36.8 Å². The fraction of sp³-hybridized carbons (Fsp3) is 0.400. The Bertz CT molecular complexity index is 785. The van der Waals surface area contributed by atoms with Crippen molar-refractivity contribution in [3.8, 4) is 0 Å². The van der Waals surface area contributed by atoms with Crippen LogP contribution in [0.3, 0.4) is 0 Å². The Balaban J connectivity index is 2.05. The van der Waals surface area contributed by atoms with Crippen molar-refractivity contribution >= 4 is 32.2 Å². The quantitative estimate of drug-likeness (QED) is 0.826. The first-order valence-electron chi connectivity index (χ1n) is 7.28. The minimum absolute atomic E-state index is 0.0892. The van der Waals surface area contributed by atoms with Gasteiger partial charge in [-0.15, -0.1) is 10.2 Å². The van der Waals surface area contributed by atoms with Crippen LogP contribution < -0.4 is 5.32 Å². The zero-order chi connectivity index (χ0) is 16.9. The van der Waals surface area contributed by atoms with Crippen LogP contribution in [0, 0.1) is 0 Å². The number of sulfone groups is 1. The van der Waals surface area contributed by atoms with Crippen molar-refractivity contribution in [1.29, 1.82) is 0 Å². The summed E-state index contributed by atoms with van der Waals surface area (Å²) in [5, 5.41) is 12.0. The number of nitrogens with zero attached hydrogens (tertiary/aromatic N) is 2. The van der Waals surface area contributed by atoms with Crippen molar-refractivity contribution in [2.45, 2.75) is 31.9 Å². The number of aryl methyl sites for hydroxylation is 1. The summed E-state index contributed by atoms with van der Waals surface area (Å²) >= 11 is 1.36. The van der Waals surface area contributed by atoms with Crippen molar-refractivity contribution in [2.75, 3.05) is 11.6 Å². The van der Waals surface area contributed by atoms with Gasteiger partial charge < -0.3 is 0 Å². The summed E-state index contributed by atoms with van der Waals surface area (Å²) in [6, 6.07) is 6.57. The molecule has 1 aromatic carbocycles. The molecular formula is C15H19N3O3S2. The minimum atomic E-state index is -3.14. The standard InChI is InChI=1S/C15H19N3O3S2/c1-3-4-8-13-17-18-15(22-13)16-14(19)12-7-5-6-11(9-12)10-23(2,20)21/h5-7,9H,3-4,8,10H2,1-2H3,(H,16,18,19). The molecule has 0 saturated heterocycles. The number of nitrogens with one attached hydrogen (secondary N) is 1. The van der Waals surface area contributed by atoms with E-state index in [4.69, 9.17) is 0 Å². The summed E-state index contributed by atoms with van der Waals surface area (Å²) in [5.41, 5.74) is 0.984. The number of rotatable bonds is 7. The predicted molar refractivity (Wildman–Crippen MR) is 91.5 cm³/mol. The molecule has 0 aliphatic carbocycles. The maximum atomic E-state index is 12.2. The van der Waals surface area contributed by atoms with Crippen LogP contribution >= 0.6 is 11.3 Å². The Morgan fingerprint density at radius 2 is 2.09 bits per heavy atom. The third-order valence-corrected chi connectivity index (χ3v) is 4.81. The number of aromatic nitrogens is 2. The van der Waals surface area contributed by atoms with Gasteiger partial charge in [-0.05, 0) is 24.1 Å². The van der Waals surface area contributed by atoms with E-state index < -0.39 is 9.84 Å². The zero-order valence-corrected chi connectivity index (χ0v) is 14.7. The molecule has 8 heteroatoms. The number of unbranched alkanes of at least 4 members (excludes halogenated alkanes) is 1. The minimum Gasteiger partial charge on any atom is -0.296 e. The maximum Gasteiger partial charge on any atom is 0.257 e. The van der Waals surface area contributed by atoms with E-state index in [1.165, 1.54) is 17.6 Å². The summed E-state index contributed by atoms with van der Waals surface area (Å²) in [6.07, 6.45) is 4.14. The lowest BCUT2D eigenvalue weighted by molar-refractivity contribution is 0.102. The molecule has 0 saturated carbocycles. The molecule has 0 atom stereocenters. The van der Waals surface area contributed by atoms with Crippen LogP contribution in [0.2, 0.25) is 0 Å². The number of benzene rings is 1. The van der Waals surface area contributed by atoms with Gasteiger partial charge in [0.05, 0.1) is 5.75 Å². The van der Waals surface area contributed by atoms with Gasteiger partial charge in [0.25, 0.3) is 5.91 Å². The van der Waals surface area contributed by atoms with Crippen LogP contribution in [0.5, 0.6) is 0 Å². The van der Waals surface area contributed by atoms with Crippen LogP contribution in [0.4, 0.5) is 5.13 Å². The molecule has 0 radical (unpaired) electrons. The smallest absolute Gasteiger partial charge is 0.257 e. The highest BCUT2D eigenvalue weighted by atomic mass is 32.2. The molecule has 0 fully saturated rings. The van der Waals surface area contributed by atoms with Gasteiger partial charge in [-0.25, -0.2) is 8.42 Å². The molecule has 1 aromatic heterocycles. The van der Waals surface area contributed by atoms with Crippen molar-refractivity contribution in [1.82, 2.24) is 10.2 Å². The van der Waals surface area contributed by atoms with E-state index in [1.54, 1.807) is 24.3 Å². The number of carbonyl (C=O) groups is 1. The lowest BCUT2D eigenvalue weighted by atomic mass is 10.1. The molecule has 0 aliphatic heterocycles. The van der Waals surface area contributed by atoms with Crippen LogP contribution in [0.25, 0.3) is 0 Å². The highest BCUT2D eigenvalue weighted by Crippen LogP contribution is 2.18. The van der Waals surface area contributed by atoms with Gasteiger partial charge in [0.1, 0.15) is 5.01 Å². The predicted octanol–water partition coefficient (Wildman–Crippen LogP) is 2.68. The van der Waals surface area contributed by atoms with Crippen molar-refractivity contribution in [3.05, 3.63) is 40.4 Å². The van der Waals surface area contributed by atoms with Crippen LogP contribution in [-0.2, 0) is 22.0 Å². The molecule has 1 heterocycles. The molecule has 0 unspecified atom stereocenters. The van der Waals surface area contributed by atoms with E-state index in [1.807, 2.05) is 0 Å². The molecule has 0 bridgehead atoms. The number of carbonyl (C=O) groups excluding carboxylic acids is 1. The van der Waals surface area contributed by atoms with Crippen LogP contribution in [-0.4, -0.2) is 30.8 Å². The first-order valence-corrected chi connectivity index (χ1v) is 10.2. The monoisotopic (exact) mass is 353 g/mol. The first kappa shape index (κ1) is 17.6. The molecule has 1 amide bonds. The van der Waals surface area contributed by atoms with E-state index >= 15 is 0 Å². The summed E-state index contributed by atoms with van der Waals surface area (Å²) < 4.78 is 22.7. The summed E-state index contributed by atoms with van der Waals surface area (Å²) in [5.74, 6) is -0.410. The van der Waals surface area contributed by atoms with E-state index in [2.05, 4.69) is 22.4 Å². The van der Waals surface area contributed by atoms with Crippen LogP contribution in [0.15, 0.2) is 24.3 Å². The molecule has 2 aromatic rings. The van der Waals surface area contributed by atoms with Gasteiger partial charge in [-0.2, -0.15) is 0 Å². The third kappa shape index (κ3) is 5.72. The van der Waals surface area contributed by atoms with Crippen molar-refractivity contribution in [2.24, 2.45) is 0 Å². The second-order valence-corrected chi connectivity index (χ2v) is 8.53. The second-order valence-electron chi connectivity index (χ2n) is 5.33. The molecule has 1 N–H and O–H groups in total. The van der Waals surface area contributed by atoms with Gasteiger partial charge in [0.2, 0.25) is 5.13 Å². The van der Waals surface area contributed by atoms with E-state index in [9.17, 15) is 13.2 Å². The number of hydrogen-bond acceptors (Lipinski definition) is 6. The molecular weight excluding hydrogens is 334 g/mol. The van der Waals surface area contributed by atoms with Crippen molar-refractivity contribution in [3.63, 3.8) is 0 Å². The average molecular weight is 353 g/mol.